The first-order valence-electron chi connectivity index (χ1n) is 8.70. The van der Waals surface area contributed by atoms with E-state index in [1.165, 1.54) is 22.0 Å². The van der Waals surface area contributed by atoms with Crippen molar-refractivity contribution in [1.82, 2.24) is 15.6 Å². The fraction of sp³-hybridized carbons (Fsp3) is 0.526. The minimum atomic E-state index is -0.378. The summed E-state index contributed by atoms with van der Waals surface area (Å²) < 4.78 is 5.34. The van der Waals surface area contributed by atoms with E-state index < -0.39 is 0 Å². The van der Waals surface area contributed by atoms with Crippen molar-refractivity contribution in [2.75, 3.05) is 33.4 Å². The molecule has 130 valence electrons. The molecule has 1 saturated heterocycles. The highest BCUT2D eigenvalue weighted by Crippen LogP contribution is 2.29. The number of amides is 1. The lowest BCUT2D eigenvalue weighted by molar-refractivity contribution is -0.136. The Kier molecular flexibility index (Phi) is 5.21. The van der Waals surface area contributed by atoms with Crippen LogP contribution in [0.2, 0.25) is 0 Å². The van der Waals surface area contributed by atoms with Crippen molar-refractivity contribution >= 4 is 16.8 Å². The van der Waals surface area contributed by atoms with Gasteiger partial charge in [0.25, 0.3) is 0 Å². The number of aromatic amines is 1. The maximum absolute atomic E-state index is 12.7. The van der Waals surface area contributed by atoms with E-state index in [1.54, 1.807) is 7.11 Å². The van der Waals surface area contributed by atoms with Crippen LogP contribution in [0.15, 0.2) is 24.4 Å². The summed E-state index contributed by atoms with van der Waals surface area (Å²) in [5.74, 6) is 0.127. The number of nitrogens with one attached hydrogen (secondary N) is 3. The van der Waals surface area contributed by atoms with E-state index in [2.05, 4.69) is 46.9 Å². The molecule has 0 spiro atoms. The van der Waals surface area contributed by atoms with Crippen LogP contribution in [-0.2, 0) is 16.0 Å². The highest BCUT2D eigenvalue weighted by atomic mass is 16.5. The average Bonchev–Trinajstić information content (AvgIpc) is 3.00. The first-order valence-corrected chi connectivity index (χ1v) is 8.70. The van der Waals surface area contributed by atoms with Gasteiger partial charge >= 0.3 is 0 Å². The van der Waals surface area contributed by atoms with Crippen LogP contribution >= 0.6 is 0 Å². The molecular weight excluding hydrogens is 302 g/mol. The number of aromatic nitrogens is 1. The maximum atomic E-state index is 12.7. The number of rotatable bonds is 6. The number of hydrogen-bond donors (Lipinski definition) is 3. The number of hydrogen-bond acceptors (Lipinski definition) is 3. The summed E-state index contributed by atoms with van der Waals surface area (Å²) in [5.41, 5.74) is 3.31. The zero-order valence-corrected chi connectivity index (χ0v) is 14.6. The number of benzene rings is 1. The third-order valence-corrected chi connectivity index (χ3v) is 5.15. The van der Waals surface area contributed by atoms with Crippen LogP contribution < -0.4 is 10.6 Å². The summed E-state index contributed by atoms with van der Waals surface area (Å²) >= 11 is 0. The minimum absolute atomic E-state index is 0.127. The van der Waals surface area contributed by atoms with Gasteiger partial charge in [-0.1, -0.05) is 18.2 Å². The van der Waals surface area contributed by atoms with Crippen molar-refractivity contribution in [1.29, 1.82) is 0 Å². The fourth-order valence-electron chi connectivity index (χ4n) is 3.69. The van der Waals surface area contributed by atoms with Gasteiger partial charge < -0.3 is 20.4 Å². The van der Waals surface area contributed by atoms with E-state index in [-0.39, 0.29) is 11.3 Å². The Bertz CT molecular complexity index is 696. The number of ether oxygens (including phenoxy) is 1. The summed E-state index contributed by atoms with van der Waals surface area (Å²) in [4.78, 5) is 16.1. The van der Waals surface area contributed by atoms with E-state index in [4.69, 9.17) is 4.74 Å². The van der Waals surface area contributed by atoms with Gasteiger partial charge in [0.05, 0.1) is 12.0 Å². The van der Waals surface area contributed by atoms with Crippen molar-refractivity contribution in [2.45, 2.75) is 26.2 Å². The zero-order valence-electron chi connectivity index (χ0n) is 14.6. The molecule has 0 atom stereocenters. The Morgan fingerprint density at radius 2 is 2.12 bits per heavy atom. The summed E-state index contributed by atoms with van der Waals surface area (Å²) in [6.45, 7) is 5.00. The predicted octanol–water partition coefficient (Wildman–Crippen LogP) is 2.15. The van der Waals surface area contributed by atoms with Gasteiger partial charge in [0.1, 0.15) is 0 Å². The van der Waals surface area contributed by atoms with Gasteiger partial charge in [-0.15, -0.1) is 0 Å². The SMILES string of the molecule is COCC1(C(=O)NCCc2c[nH]c3c(C)cccc23)CCNCC1. The highest BCUT2D eigenvalue weighted by Gasteiger charge is 2.39. The highest BCUT2D eigenvalue weighted by molar-refractivity contribution is 5.86. The van der Waals surface area contributed by atoms with Gasteiger partial charge in [-0.25, -0.2) is 0 Å². The molecule has 1 aromatic heterocycles. The molecule has 1 amide bonds. The van der Waals surface area contributed by atoms with Gasteiger partial charge in [-0.05, 0) is 50.4 Å². The van der Waals surface area contributed by atoms with Crippen LogP contribution in [0.1, 0.15) is 24.0 Å². The monoisotopic (exact) mass is 329 g/mol. The lowest BCUT2D eigenvalue weighted by Gasteiger charge is -2.35. The van der Waals surface area contributed by atoms with E-state index in [1.807, 2.05) is 0 Å². The Morgan fingerprint density at radius 3 is 2.88 bits per heavy atom. The van der Waals surface area contributed by atoms with Gasteiger partial charge in [-0.3, -0.25) is 4.79 Å². The second-order valence-electron chi connectivity index (χ2n) is 6.78. The number of fused-ring (bicyclic) bond motifs is 1. The van der Waals surface area contributed by atoms with E-state index in [0.717, 1.165) is 32.4 Å². The summed E-state index contributed by atoms with van der Waals surface area (Å²) in [6, 6.07) is 6.32. The Hall–Kier alpha value is -1.85. The summed E-state index contributed by atoms with van der Waals surface area (Å²) in [6.07, 6.45) is 4.55. The number of methoxy groups -OCH3 is 1. The largest absolute Gasteiger partial charge is 0.384 e. The molecule has 0 saturated carbocycles. The molecule has 0 bridgehead atoms. The second kappa shape index (κ2) is 7.36. The van der Waals surface area contributed by atoms with Crippen molar-refractivity contribution < 1.29 is 9.53 Å². The number of aryl methyl sites for hydroxylation is 1. The molecular formula is C19H27N3O2. The number of carbonyl (C=O) groups is 1. The summed E-state index contributed by atoms with van der Waals surface area (Å²) in [5, 5.41) is 7.70. The molecule has 1 fully saturated rings. The van der Waals surface area contributed by atoms with Gasteiger partial charge in [-0.2, -0.15) is 0 Å². The van der Waals surface area contributed by atoms with E-state index >= 15 is 0 Å². The van der Waals surface area contributed by atoms with Crippen LogP contribution in [0.5, 0.6) is 0 Å². The molecule has 24 heavy (non-hydrogen) atoms. The topological polar surface area (TPSA) is 66.1 Å². The standard InChI is InChI=1S/C19H27N3O2/c1-14-4-3-5-16-15(12-22-17(14)16)6-9-21-18(23)19(13-24-2)7-10-20-11-8-19/h3-5,12,20,22H,6-11,13H2,1-2H3,(H,21,23). The predicted molar refractivity (Wildman–Crippen MR) is 96.2 cm³/mol. The van der Waals surface area contributed by atoms with Crippen LogP contribution in [0.3, 0.4) is 0 Å². The smallest absolute Gasteiger partial charge is 0.228 e. The van der Waals surface area contributed by atoms with Gasteiger partial charge in [0, 0.05) is 30.8 Å². The fourth-order valence-corrected chi connectivity index (χ4v) is 3.69. The number of H-pyrrole nitrogens is 1. The molecule has 5 heteroatoms. The first-order chi connectivity index (χ1) is 11.7. The number of piperidine rings is 1. The van der Waals surface area contributed by atoms with Gasteiger partial charge in [0.2, 0.25) is 5.91 Å². The van der Waals surface area contributed by atoms with E-state index in [9.17, 15) is 4.79 Å². The molecule has 1 aromatic carbocycles. The molecule has 0 unspecified atom stereocenters. The van der Waals surface area contributed by atoms with Crippen LogP contribution in [0.4, 0.5) is 0 Å². The van der Waals surface area contributed by atoms with Crippen molar-refractivity contribution in [3.05, 3.63) is 35.5 Å². The van der Waals surface area contributed by atoms with Crippen molar-refractivity contribution in [3.63, 3.8) is 0 Å². The lowest BCUT2D eigenvalue weighted by Crippen LogP contribution is -2.50. The molecule has 1 aliphatic heterocycles. The maximum Gasteiger partial charge on any atom is 0.228 e. The second-order valence-corrected chi connectivity index (χ2v) is 6.78. The lowest BCUT2D eigenvalue weighted by atomic mass is 9.78. The Balaban J connectivity index is 1.62. The third-order valence-electron chi connectivity index (χ3n) is 5.15. The van der Waals surface area contributed by atoms with E-state index in [0.29, 0.717) is 13.2 Å². The Morgan fingerprint density at radius 1 is 1.33 bits per heavy atom. The number of carbonyl (C=O) groups excluding carboxylic acids is 1. The molecule has 0 radical (unpaired) electrons. The molecule has 2 aromatic rings. The summed E-state index contributed by atoms with van der Waals surface area (Å²) in [7, 11) is 1.67. The number of para-hydroxylation sites is 1. The molecule has 3 N–H and O–H groups in total. The average molecular weight is 329 g/mol. The molecule has 3 rings (SSSR count). The van der Waals surface area contributed by atoms with Gasteiger partial charge in [0.15, 0.2) is 0 Å². The van der Waals surface area contributed by atoms with Crippen LogP contribution in [0, 0.1) is 12.3 Å². The quantitative estimate of drug-likeness (QED) is 0.761. The Labute approximate surface area is 143 Å². The third kappa shape index (κ3) is 3.32. The normalized spacial score (nSPS) is 17.1. The molecule has 5 nitrogen and oxygen atoms in total. The van der Waals surface area contributed by atoms with Crippen LogP contribution in [0.25, 0.3) is 10.9 Å². The molecule has 2 heterocycles. The molecule has 0 aliphatic carbocycles. The zero-order chi connectivity index (χ0) is 17.0. The van der Waals surface area contributed by atoms with Crippen molar-refractivity contribution in [2.24, 2.45) is 5.41 Å². The van der Waals surface area contributed by atoms with Crippen LogP contribution in [-0.4, -0.2) is 44.2 Å². The minimum Gasteiger partial charge on any atom is -0.384 e. The first kappa shape index (κ1) is 17.0. The van der Waals surface area contributed by atoms with Crippen molar-refractivity contribution in [3.8, 4) is 0 Å². The molecule has 1 aliphatic rings.